The summed E-state index contributed by atoms with van der Waals surface area (Å²) in [6.45, 7) is 3.86. The van der Waals surface area contributed by atoms with Gasteiger partial charge in [-0.25, -0.2) is 13.8 Å². The molecule has 1 aromatic carbocycles. The minimum Gasteiger partial charge on any atom is -0.323 e. The van der Waals surface area contributed by atoms with Crippen LogP contribution in [0, 0.1) is 17.6 Å². The van der Waals surface area contributed by atoms with Gasteiger partial charge in [-0.1, -0.05) is 0 Å². The summed E-state index contributed by atoms with van der Waals surface area (Å²) in [4.78, 5) is 4.27. The Hall–Kier alpha value is -1.16. The molecule has 0 radical (unpaired) electrons. The highest BCUT2D eigenvalue weighted by atomic mass is 35.5. The lowest BCUT2D eigenvalue weighted by Crippen LogP contribution is -2.11. The first-order valence-electron chi connectivity index (χ1n) is 6.50. The average molecular weight is 285 g/mol. The van der Waals surface area contributed by atoms with Crippen molar-refractivity contribution in [3.8, 4) is 0 Å². The van der Waals surface area contributed by atoms with Gasteiger partial charge in [-0.3, -0.25) is 0 Å². The van der Waals surface area contributed by atoms with Crippen molar-refractivity contribution in [2.45, 2.75) is 38.1 Å². The fourth-order valence-corrected chi connectivity index (χ4v) is 2.79. The molecule has 2 atom stereocenters. The van der Waals surface area contributed by atoms with Crippen LogP contribution in [0.5, 0.6) is 0 Å². The van der Waals surface area contributed by atoms with Gasteiger partial charge in [0.1, 0.15) is 17.2 Å². The molecule has 2 nitrogen and oxygen atoms in total. The number of nitrogens with zero attached hydrogens (tertiary/aromatic N) is 2. The molecule has 1 heterocycles. The Kier molecular flexibility index (Phi) is 3.01. The molecule has 0 bridgehead atoms. The van der Waals surface area contributed by atoms with E-state index in [-0.39, 0.29) is 16.9 Å². The second-order valence-corrected chi connectivity index (χ2v) is 5.94. The first-order chi connectivity index (χ1) is 8.99. The molecule has 0 saturated heterocycles. The zero-order valence-corrected chi connectivity index (χ0v) is 11.6. The Morgan fingerprint density at radius 1 is 1.32 bits per heavy atom. The van der Waals surface area contributed by atoms with Gasteiger partial charge >= 0.3 is 0 Å². The molecule has 1 aliphatic carbocycles. The fourth-order valence-electron chi connectivity index (χ4n) is 2.64. The van der Waals surface area contributed by atoms with Crippen LogP contribution in [0.15, 0.2) is 12.1 Å². The van der Waals surface area contributed by atoms with Crippen LogP contribution in [-0.4, -0.2) is 9.55 Å². The summed E-state index contributed by atoms with van der Waals surface area (Å²) in [5.74, 6) is -0.0447. The zero-order valence-electron chi connectivity index (χ0n) is 10.8. The van der Waals surface area contributed by atoms with Crippen LogP contribution < -0.4 is 0 Å². The fraction of sp³-hybridized carbons (Fsp3) is 0.500. The lowest BCUT2D eigenvalue weighted by Gasteiger charge is -2.18. The molecule has 0 spiro atoms. The molecule has 1 aliphatic rings. The lowest BCUT2D eigenvalue weighted by atomic mass is 10.2. The highest BCUT2D eigenvalue weighted by molar-refractivity contribution is 6.20. The van der Waals surface area contributed by atoms with Crippen LogP contribution in [0.25, 0.3) is 11.0 Å². The van der Waals surface area contributed by atoms with Crippen molar-refractivity contribution in [1.82, 2.24) is 9.55 Å². The molecule has 1 fully saturated rings. The molecule has 2 unspecified atom stereocenters. The topological polar surface area (TPSA) is 17.8 Å². The van der Waals surface area contributed by atoms with E-state index in [4.69, 9.17) is 11.6 Å². The first kappa shape index (κ1) is 12.9. The van der Waals surface area contributed by atoms with Crippen LogP contribution >= 0.6 is 11.6 Å². The van der Waals surface area contributed by atoms with Crippen molar-refractivity contribution < 1.29 is 8.78 Å². The molecular formula is C14H15ClF2N2. The van der Waals surface area contributed by atoms with Crippen LogP contribution in [0.3, 0.4) is 0 Å². The third kappa shape index (κ3) is 2.12. The van der Waals surface area contributed by atoms with Crippen molar-refractivity contribution in [1.29, 1.82) is 0 Å². The molecule has 3 rings (SSSR count). The summed E-state index contributed by atoms with van der Waals surface area (Å²) in [7, 11) is 0. The molecule has 1 aromatic heterocycles. The SMILES string of the molecule is CC(Cl)c1nc2c(F)cc(F)cc2n1C(C)C1CC1. The standard InChI is InChI=1S/C14H15ClF2N2/c1-7(15)14-18-13-11(17)5-10(16)6-12(13)19(14)8(2)9-3-4-9/h5-9H,3-4H2,1-2H3. The number of imidazole rings is 1. The van der Waals surface area contributed by atoms with Gasteiger partial charge < -0.3 is 4.57 Å². The Morgan fingerprint density at radius 2 is 2.00 bits per heavy atom. The van der Waals surface area contributed by atoms with Crippen molar-refractivity contribution >= 4 is 22.6 Å². The minimum absolute atomic E-state index is 0.169. The molecule has 0 aliphatic heterocycles. The quantitative estimate of drug-likeness (QED) is 0.754. The molecule has 1 saturated carbocycles. The number of hydrogen-bond donors (Lipinski definition) is 0. The van der Waals surface area contributed by atoms with E-state index in [0.717, 1.165) is 18.9 Å². The summed E-state index contributed by atoms with van der Waals surface area (Å²) in [6.07, 6.45) is 2.30. The Balaban J connectivity index is 2.28. The van der Waals surface area contributed by atoms with Crippen LogP contribution in [0.2, 0.25) is 0 Å². The highest BCUT2D eigenvalue weighted by Gasteiger charge is 2.32. The summed E-state index contributed by atoms with van der Waals surface area (Å²) in [5.41, 5.74) is 0.704. The smallest absolute Gasteiger partial charge is 0.153 e. The monoisotopic (exact) mass is 284 g/mol. The molecular weight excluding hydrogens is 270 g/mol. The molecule has 2 aromatic rings. The average Bonchev–Trinajstić information content (AvgIpc) is 3.09. The molecule has 0 N–H and O–H groups in total. The maximum Gasteiger partial charge on any atom is 0.153 e. The number of benzene rings is 1. The molecule has 19 heavy (non-hydrogen) atoms. The van der Waals surface area contributed by atoms with E-state index in [1.165, 1.54) is 6.07 Å². The predicted octanol–water partition coefficient (Wildman–Crippen LogP) is 4.59. The number of hydrogen-bond acceptors (Lipinski definition) is 1. The Morgan fingerprint density at radius 3 is 2.58 bits per heavy atom. The summed E-state index contributed by atoms with van der Waals surface area (Å²) in [6, 6.07) is 2.37. The second kappa shape index (κ2) is 4.44. The second-order valence-electron chi connectivity index (χ2n) is 5.29. The lowest BCUT2D eigenvalue weighted by molar-refractivity contribution is 0.479. The third-order valence-electron chi connectivity index (χ3n) is 3.81. The number of fused-ring (bicyclic) bond motifs is 1. The number of alkyl halides is 1. The maximum absolute atomic E-state index is 13.8. The number of aromatic nitrogens is 2. The summed E-state index contributed by atoms with van der Waals surface area (Å²) >= 11 is 6.14. The summed E-state index contributed by atoms with van der Waals surface area (Å²) < 4.78 is 29.2. The largest absolute Gasteiger partial charge is 0.323 e. The number of halogens is 3. The summed E-state index contributed by atoms with van der Waals surface area (Å²) in [5, 5.41) is -0.337. The van der Waals surface area contributed by atoms with Gasteiger partial charge in [0.05, 0.1) is 10.9 Å². The molecule has 102 valence electrons. The van der Waals surface area contributed by atoms with Crippen LogP contribution in [0.4, 0.5) is 8.78 Å². The number of rotatable bonds is 3. The maximum atomic E-state index is 13.8. The van der Waals surface area contributed by atoms with Crippen LogP contribution in [-0.2, 0) is 0 Å². The van der Waals surface area contributed by atoms with Gasteiger partial charge in [-0.2, -0.15) is 0 Å². The molecule has 5 heteroatoms. The normalized spacial score (nSPS) is 18.8. The van der Waals surface area contributed by atoms with E-state index < -0.39 is 11.6 Å². The predicted molar refractivity (Wildman–Crippen MR) is 71.4 cm³/mol. The Labute approximate surface area is 115 Å². The first-order valence-corrected chi connectivity index (χ1v) is 6.93. The third-order valence-corrected chi connectivity index (χ3v) is 4.00. The van der Waals surface area contributed by atoms with E-state index >= 15 is 0 Å². The van der Waals surface area contributed by atoms with Crippen molar-refractivity contribution in [3.05, 3.63) is 29.6 Å². The van der Waals surface area contributed by atoms with Gasteiger partial charge in [0, 0.05) is 12.1 Å². The minimum atomic E-state index is -0.629. The van der Waals surface area contributed by atoms with Crippen molar-refractivity contribution in [2.24, 2.45) is 5.92 Å². The van der Waals surface area contributed by atoms with Crippen molar-refractivity contribution in [2.75, 3.05) is 0 Å². The van der Waals surface area contributed by atoms with Gasteiger partial charge in [-0.15, -0.1) is 11.6 Å². The van der Waals surface area contributed by atoms with Gasteiger partial charge in [-0.05, 0) is 38.7 Å². The van der Waals surface area contributed by atoms with E-state index in [9.17, 15) is 8.78 Å². The zero-order chi connectivity index (χ0) is 13.7. The van der Waals surface area contributed by atoms with Gasteiger partial charge in [0.25, 0.3) is 0 Å². The molecule has 0 amide bonds. The van der Waals surface area contributed by atoms with Gasteiger partial charge in [0.15, 0.2) is 5.82 Å². The Bertz CT molecular complexity index is 632. The van der Waals surface area contributed by atoms with E-state index in [0.29, 0.717) is 17.3 Å². The van der Waals surface area contributed by atoms with Crippen molar-refractivity contribution in [3.63, 3.8) is 0 Å². The highest BCUT2D eigenvalue weighted by Crippen LogP contribution is 2.42. The van der Waals surface area contributed by atoms with E-state index in [2.05, 4.69) is 11.9 Å². The van der Waals surface area contributed by atoms with E-state index in [1.54, 1.807) is 6.92 Å². The van der Waals surface area contributed by atoms with E-state index in [1.807, 2.05) is 4.57 Å². The van der Waals surface area contributed by atoms with Crippen LogP contribution in [0.1, 0.15) is 43.9 Å². The van der Waals surface area contributed by atoms with Gasteiger partial charge in [0.2, 0.25) is 0 Å².